The lowest BCUT2D eigenvalue weighted by molar-refractivity contribution is 0.435. The molecule has 1 N–H and O–H groups in total. The highest BCUT2D eigenvalue weighted by atomic mass is 16.3. The molecule has 0 aromatic rings. The fraction of sp³-hybridized carbons (Fsp3) is 0.143. The van der Waals surface area contributed by atoms with Crippen LogP contribution in [-0.4, -0.2) is 5.11 Å². The topological polar surface area (TPSA) is 20.2 Å². The Hall–Kier alpha value is -0.980. The van der Waals surface area contributed by atoms with Crippen LogP contribution in [-0.2, 0) is 0 Å². The van der Waals surface area contributed by atoms with Gasteiger partial charge in [0.1, 0.15) is 5.76 Å². The number of hydrogen-bond donors (Lipinski definition) is 1. The molecule has 0 fully saturated rings. The van der Waals surface area contributed by atoms with Gasteiger partial charge in [0.05, 0.1) is 0 Å². The zero-order valence-corrected chi connectivity index (χ0v) is 4.80. The van der Waals surface area contributed by atoms with Crippen LogP contribution in [0.4, 0.5) is 0 Å². The third-order valence-electron chi connectivity index (χ3n) is 0.613. The standard InChI is InChI=1S/C7H10O/c1-3-4-5-6-7(2)8/h3,5-6,8H,1-2,4H2/b6-5+. The highest BCUT2D eigenvalue weighted by Gasteiger charge is 1.71. The van der Waals surface area contributed by atoms with Crippen LogP contribution >= 0.6 is 0 Å². The Kier molecular flexibility index (Phi) is 3.67. The zero-order chi connectivity index (χ0) is 6.41. The third-order valence-corrected chi connectivity index (χ3v) is 0.613. The lowest BCUT2D eigenvalue weighted by atomic mass is 10.3. The van der Waals surface area contributed by atoms with Crippen molar-refractivity contribution in [3.63, 3.8) is 0 Å². The van der Waals surface area contributed by atoms with Crippen molar-refractivity contribution in [2.45, 2.75) is 6.42 Å². The minimum Gasteiger partial charge on any atom is -0.509 e. The molecule has 0 radical (unpaired) electrons. The van der Waals surface area contributed by atoms with Crippen LogP contribution in [0, 0.1) is 0 Å². The van der Waals surface area contributed by atoms with Crippen LogP contribution in [0.5, 0.6) is 0 Å². The van der Waals surface area contributed by atoms with Gasteiger partial charge in [0, 0.05) is 0 Å². The minimum atomic E-state index is 0.0897. The van der Waals surface area contributed by atoms with Gasteiger partial charge in [0.2, 0.25) is 0 Å². The van der Waals surface area contributed by atoms with Crippen molar-refractivity contribution in [2.24, 2.45) is 0 Å². The fourth-order valence-corrected chi connectivity index (χ4v) is 0.300. The number of hydrogen-bond acceptors (Lipinski definition) is 1. The van der Waals surface area contributed by atoms with Crippen LogP contribution in [0.3, 0.4) is 0 Å². The normalized spacial score (nSPS) is 9.50. The highest BCUT2D eigenvalue weighted by Crippen LogP contribution is 1.87. The van der Waals surface area contributed by atoms with E-state index in [1.54, 1.807) is 18.2 Å². The summed E-state index contributed by atoms with van der Waals surface area (Å²) in [4.78, 5) is 0. The Morgan fingerprint density at radius 1 is 1.62 bits per heavy atom. The van der Waals surface area contributed by atoms with E-state index in [1.165, 1.54) is 0 Å². The second-order valence-electron chi connectivity index (χ2n) is 1.42. The number of rotatable bonds is 3. The quantitative estimate of drug-likeness (QED) is 0.335. The van der Waals surface area contributed by atoms with Crippen molar-refractivity contribution < 1.29 is 5.11 Å². The summed E-state index contributed by atoms with van der Waals surface area (Å²) in [7, 11) is 0. The van der Waals surface area contributed by atoms with Crippen molar-refractivity contribution in [3.8, 4) is 0 Å². The number of aliphatic hydroxyl groups is 1. The molecule has 0 saturated heterocycles. The average molecular weight is 110 g/mol. The second kappa shape index (κ2) is 4.19. The minimum absolute atomic E-state index is 0.0897. The van der Waals surface area contributed by atoms with Gasteiger partial charge >= 0.3 is 0 Å². The monoisotopic (exact) mass is 110 g/mol. The molecule has 0 spiro atoms. The molecule has 8 heavy (non-hydrogen) atoms. The first kappa shape index (κ1) is 7.02. The molecular formula is C7H10O. The van der Waals surface area contributed by atoms with Gasteiger partial charge in [-0.05, 0) is 12.5 Å². The van der Waals surface area contributed by atoms with Gasteiger partial charge < -0.3 is 5.11 Å². The molecule has 1 nitrogen and oxygen atoms in total. The summed E-state index contributed by atoms with van der Waals surface area (Å²) in [5.74, 6) is 0.0897. The molecule has 0 amide bonds. The molecule has 1 heteroatoms. The fourth-order valence-electron chi connectivity index (χ4n) is 0.300. The maximum Gasteiger partial charge on any atom is 0.108 e. The summed E-state index contributed by atoms with van der Waals surface area (Å²) in [6.07, 6.45) is 5.86. The predicted octanol–water partition coefficient (Wildman–Crippen LogP) is 2.19. The third kappa shape index (κ3) is 5.02. The van der Waals surface area contributed by atoms with Crippen LogP contribution in [0.2, 0.25) is 0 Å². The van der Waals surface area contributed by atoms with Gasteiger partial charge in [-0.25, -0.2) is 0 Å². The molecule has 0 rings (SSSR count). The Bertz CT molecular complexity index is 112. The van der Waals surface area contributed by atoms with E-state index in [0.29, 0.717) is 0 Å². The molecule has 0 aliphatic rings. The molecule has 0 saturated carbocycles. The Labute approximate surface area is 49.7 Å². The van der Waals surface area contributed by atoms with Gasteiger partial charge in [-0.1, -0.05) is 18.7 Å². The van der Waals surface area contributed by atoms with Crippen LogP contribution in [0.25, 0.3) is 0 Å². The van der Waals surface area contributed by atoms with Crippen LogP contribution < -0.4 is 0 Å². The van der Waals surface area contributed by atoms with Crippen molar-refractivity contribution in [1.29, 1.82) is 0 Å². The maximum absolute atomic E-state index is 8.46. The number of aliphatic hydroxyl groups excluding tert-OH is 1. The van der Waals surface area contributed by atoms with E-state index in [1.807, 2.05) is 0 Å². The van der Waals surface area contributed by atoms with E-state index >= 15 is 0 Å². The molecule has 0 unspecified atom stereocenters. The highest BCUT2D eigenvalue weighted by molar-refractivity contribution is 5.06. The molecule has 44 valence electrons. The first-order chi connectivity index (χ1) is 3.77. The van der Waals surface area contributed by atoms with Crippen LogP contribution in [0.1, 0.15) is 6.42 Å². The first-order valence-electron chi connectivity index (χ1n) is 2.42. The van der Waals surface area contributed by atoms with Gasteiger partial charge in [0.15, 0.2) is 0 Å². The maximum atomic E-state index is 8.46. The largest absolute Gasteiger partial charge is 0.509 e. The summed E-state index contributed by atoms with van der Waals surface area (Å²) in [6, 6.07) is 0. The lowest BCUT2D eigenvalue weighted by Gasteiger charge is -1.81. The first-order valence-corrected chi connectivity index (χ1v) is 2.42. The summed E-state index contributed by atoms with van der Waals surface area (Å²) < 4.78 is 0. The second-order valence-corrected chi connectivity index (χ2v) is 1.42. The van der Waals surface area contributed by atoms with Gasteiger partial charge in [-0.15, -0.1) is 6.58 Å². The summed E-state index contributed by atoms with van der Waals surface area (Å²) in [5, 5.41) is 8.46. The molecule has 0 aromatic heterocycles. The smallest absolute Gasteiger partial charge is 0.108 e. The molecule has 0 aromatic carbocycles. The molecule has 0 aliphatic carbocycles. The van der Waals surface area contributed by atoms with Crippen LogP contribution in [0.15, 0.2) is 37.1 Å². The van der Waals surface area contributed by atoms with E-state index in [9.17, 15) is 0 Å². The van der Waals surface area contributed by atoms with Crippen molar-refractivity contribution >= 4 is 0 Å². The van der Waals surface area contributed by atoms with Crippen molar-refractivity contribution in [3.05, 3.63) is 37.1 Å². The van der Waals surface area contributed by atoms with Crippen molar-refractivity contribution in [2.75, 3.05) is 0 Å². The van der Waals surface area contributed by atoms with Gasteiger partial charge in [0.25, 0.3) is 0 Å². The van der Waals surface area contributed by atoms with E-state index in [4.69, 9.17) is 5.11 Å². The molecule has 0 bridgehead atoms. The summed E-state index contributed by atoms with van der Waals surface area (Å²) in [6.45, 7) is 6.76. The van der Waals surface area contributed by atoms with Crippen molar-refractivity contribution in [1.82, 2.24) is 0 Å². The van der Waals surface area contributed by atoms with E-state index in [-0.39, 0.29) is 5.76 Å². The lowest BCUT2D eigenvalue weighted by Crippen LogP contribution is -1.65. The Balaban J connectivity index is 3.34. The zero-order valence-electron chi connectivity index (χ0n) is 4.80. The molecule has 0 heterocycles. The predicted molar refractivity (Wildman–Crippen MR) is 35.7 cm³/mol. The summed E-state index contributed by atoms with van der Waals surface area (Å²) in [5.41, 5.74) is 0. The number of allylic oxidation sites excluding steroid dienone is 3. The molecular weight excluding hydrogens is 100 g/mol. The van der Waals surface area contributed by atoms with Gasteiger partial charge in [-0.3, -0.25) is 0 Å². The SMILES string of the molecule is C=CC/C=C/C(=C)O. The van der Waals surface area contributed by atoms with E-state index < -0.39 is 0 Å². The molecule has 0 aliphatic heterocycles. The van der Waals surface area contributed by atoms with Gasteiger partial charge in [-0.2, -0.15) is 0 Å². The van der Waals surface area contributed by atoms with E-state index in [2.05, 4.69) is 13.2 Å². The Morgan fingerprint density at radius 3 is 2.62 bits per heavy atom. The average Bonchev–Trinajstić information content (AvgIpc) is 1.66. The Morgan fingerprint density at radius 2 is 2.25 bits per heavy atom. The summed E-state index contributed by atoms with van der Waals surface area (Å²) >= 11 is 0. The van der Waals surface area contributed by atoms with E-state index in [0.717, 1.165) is 6.42 Å². The molecule has 0 atom stereocenters.